The highest BCUT2D eigenvalue weighted by molar-refractivity contribution is 5.66. The minimum atomic E-state index is -0.522. The molecule has 76 valence electrons. The number of aliphatic hydroxyl groups excluding tert-OH is 1. The Bertz CT molecular complexity index is 351. The highest BCUT2D eigenvalue weighted by Crippen LogP contribution is 2.39. The van der Waals surface area contributed by atoms with E-state index >= 15 is 0 Å². The van der Waals surface area contributed by atoms with E-state index in [9.17, 15) is 5.11 Å². The zero-order valence-electron chi connectivity index (χ0n) is 8.20. The van der Waals surface area contributed by atoms with Crippen LogP contribution in [-0.4, -0.2) is 25.6 Å². The number of aliphatic hydroxyl groups is 1. The van der Waals surface area contributed by atoms with Gasteiger partial charge in [-0.1, -0.05) is 0 Å². The summed E-state index contributed by atoms with van der Waals surface area (Å²) in [5.74, 6) is 1.40. The predicted octanol–water partition coefficient (Wildman–Crippen LogP) is 0.990. The van der Waals surface area contributed by atoms with Crippen LogP contribution >= 0.6 is 0 Å². The van der Waals surface area contributed by atoms with Crippen LogP contribution in [0.25, 0.3) is 0 Å². The van der Waals surface area contributed by atoms with Crippen molar-refractivity contribution >= 4 is 5.69 Å². The van der Waals surface area contributed by atoms with E-state index in [1.165, 1.54) is 0 Å². The van der Waals surface area contributed by atoms with Gasteiger partial charge in [0.05, 0.1) is 14.2 Å². The summed E-state index contributed by atoms with van der Waals surface area (Å²) in [6, 6.07) is 3.70. The van der Waals surface area contributed by atoms with Crippen LogP contribution in [0.4, 0.5) is 5.69 Å². The average molecular weight is 195 g/mol. The second-order valence-corrected chi connectivity index (χ2v) is 3.19. The van der Waals surface area contributed by atoms with E-state index in [-0.39, 0.29) is 0 Å². The molecule has 2 rings (SSSR count). The van der Waals surface area contributed by atoms with E-state index in [1.54, 1.807) is 14.2 Å². The average Bonchev–Trinajstić information content (AvgIpc) is 2.56. The van der Waals surface area contributed by atoms with Crippen molar-refractivity contribution in [3.63, 3.8) is 0 Å². The number of anilines is 1. The van der Waals surface area contributed by atoms with Crippen molar-refractivity contribution in [3.8, 4) is 11.5 Å². The summed E-state index contributed by atoms with van der Waals surface area (Å²) in [6.45, 7) is 0. The molecule has 0 aromatic heterocycles. The Morgan fingerprint density at radius 3 is 2.79 bits per heavy atom. The third kappa shape index (κ3) is 1.28. The molecule has 4 nitrogen and oxygen atoms in total. The fraction of sp³-hybridized carbons (Fsp3) is 0.400. The van der Waals surface area contributed by atoms with Gasteiger partial charge in [-0.2, -0.15) is 0 Å². The molecule has 0 amide bonds. The number of rotatable bonds is 2. The minimum absolute atomic E-state index is 0.522. The number of hydrogen-bond acceptors (Lipinski definition) is 4. The molecule has 0 fully saturated rings. The lowest BCUT2D eigenvalue weighted by molar-refractivity contribution is 0.211. The van der Waals surface area contributed by atoms with Crippen molar-refractivity contribution in [2.45, 2.75) is 12.6 Å². The molecule has 14 heavy (non-hydrogen) atoms. The van der Waals surface area contributed by atoms with E-state index in [1.807, 2.05) is 12.1 Å². The van der Waals surface area contributed by atoms with E-state index in [0.29, 0.717) is 17.9 Å². The van der Waals surface area contributed by atoms with Gasteiger partial charge in [0.15, 0.2) is 11.5 Å². The van der Waals surface area contributed by atoms with Crippen LogP contribution in [0.15, 0.2) is 12.1 Å². The quantitative estimate of drug-likeness (QED) is 0.739. The number of methoxy groups -OCH3 is 2. The van der Waals surface area contributed by atoms with Gasteiger partial charge in [-0.3, -0.25) is 0 Å². The largest absolute Gasteiger partial charge is 0.493 e. The summed E-state index contributed by atoms with van der Waals surface area (Å²) in [4.78, 5) is 0. The zero-order valence-corrected chi connectivity index (χ0v) is 8.20. The maximum absolute atomic E-state index is 9.43. The molecule has 1 aliphatic rings. The van der Waals surface area contributed by atoms with Crippen LogP contribution in [0.1, 0.15) is 5.56 Å². The first-order chi connectivity index (χ1) is 6.76. The number of fused-ring (bicyclic) bond motifs is 1. The molecule has 0 aliphatic carbocycles. The molecule has 1 unspecified atom stereocenters. The fourth-order valence-corrected chi connectivity index (χ4v) is 1.75. The maximum Gasteiger partial charge on any atom is 0.166 e. The minimum Gasteiger partial charge on any atom is -0.493 e. The summed E-state index contributed by atoms with van der Waals surface area (Å²) < 4.78 is 10.4. The monoisotopic (exact) mass is 195 g/mol. The Hall–Kier alpha value is -1.42. The van der Waals surface area contributed by atoms with E-state index in [0.717, 1.165) is 11.3 Å². The number of hydrogen-bond donors (Lipinski definition) is 2. The van der Waals surface area contributed by atoms with Crippen molar-refractivity contribution < 1.29 is 14.6 Å². The lowest BCUT2D eigenvalue weighted by atomic mass is 10.1. The molecule has 2 N–H and O–H groups in total. The predicted molar refractivity (Wildman–Crippen MR) is 52.9 cm³/mol. The van der Waals surface area contributed by atoms with Gasteiger partial charge in [0.2, 0.25) is 0 Å². The molecule has 0 saturated heterocycles. The summed E-state index contributed by atoms with van der Waals surface area (Å²) in [5.41, 5.74) is 1.88. The van der Waals surface area contributed by atoms with Crippen molar-refractivity contribution in [2.75, 3.05) is 19.5 Å². The normalized spacial score (nSPS) is 18.6. The van der Waals surface area contributed by atoms with Gasteiger partial charge >= 0.3 is 0 Å². The molecule has 1 aromatic carbocycles. The first-order valence-corrected chi connectivity index (χ1v) is 4.44. The van der Waals surface area contributed by atoms with Gasteiger partial charge in [0.1, 0.15) is 6.23 Å². The molecule has 1 heterocycles. The van der Waals surface area contributed by atoms with Crippen molar-refractivity contribution in [1.29, 1.82) is 0 Å². The molecule has 1 atom stereocenters. The topological polar surface area (TPSA) is 50.7 Å². The third-order valence-electron chi connectivity index (χ3n) is 2.37. The van der Waals surface area contributed by atoms with Gasteiger partial charge in [0, 0.05) is 17.7 Å². The highest BCUT2D eigenvalue weighted by Gasteiger charge is 2.24. The van der Waals surface area contributed by atoms with Crippen molar-refractivity contribution in [1.82, 2.24) is 0 Å². The van der Waals surface area contributed by atoms with Gasteiger partial charge < -0.3 is 19.9 Å². The lowest BCUT2D eigenvalue weighted by Gasteiger charge is -2.10. The lowest BCUT2D eigenvalue weighted by Crippen LogP contribution is -2.12. The van der Waals surface area contributed by atoms with E-state index < -0.39 is 6.23 Å². The molecular weight excluding hydrogens is 182 g/mol. The van der Waals surface area contributed by atoms with E-state index in [4.69, 9.17) is 9.47 Å². The molecule has 1 aromatic rings. The van der Waals surface area contributed by atoms with Crippen LogP contribution in [0.2, 0.25) is 0 Å². The van der Waals surface area contributed by atoms with Gasteiger partial charge in [-0.25, -0.2) is 0 Å². The smallest absolute Gasteiger partial charge is 0.166 e. The standard InChI is InChI=1S/C10H13NO3/c1-13-8-4-3-7-6(10(8)14-2)5-9(12)11-7/h3-4,9,11-12H,5H2,1-2H3. The fourth-order valence-electron chi connectivity index (χ4n) is 1.75. The second kappa shape index (κ2) is 3.38. The van der Waals surface area contributed by atoms with Crippen LogP contribution in [0.3, 0.4) is 0 Å². The Morgan fingerprint density at radius 1 is 1.36 bits per heavy atom. The first-order valence-electron chi connectivity index (χ1n) is 4.44. The van der Waals surface area contributed by atoms with Crippen molar-refractivity contribution in [3.05, 3.63) is 17.7 Å². The summed E-state index contributed by atoms with van der Waals surface area (Å²) in [5, 5.41) is 12.4. The Kier molecular flexibility index (Phi) is 2.21. The van der Waals surface area contributed by atoms with Crippen molar-refractivity contribution in [2.24, 2.45) is 0 Å². The van der Waals surface area contributed by atoms with Crippen LogP contribution in [0, 0.1) is 0 Å². The second-order valence-electron chi connectivity index (χ2n) is 3.19. The van der Waals surface area contributed by atoms with E-state index in [2.05, 4.69) is 5.32 Å². The third-order valence-corrected chi connectivity index (χ3v) is 2.37. The van der Waals surface area contributed by atoms with Gasteiger partial charge in [-0.05, 0) is 12.1 Å². The Balaban J connectivity index is 2.49. The van der Waals surface area contributed by atoms with Crippen LogP contribution in [0.5, 0.6) is 11.5 Å². The highest BCUT2D eigenvalue weighted by atomic mass is 16.5. The Labute approximate surface area is 82.5 Å². The zero-order chi connectivity index (χ0) is 10.1. The van der Waals surface area contributed by atoms with Crippen LogP contribution < -0.4 is 14.8 Å². The number of benzene rings is 1. The maximum atomic E-state index is 9.43. The molecule has 0 bridgehead atoms. The first kappa shape index (κ1) is 9.15. The molecule has 0 radical (unpaired) electrons. The summed E-state index contributed by atoms with van der Waals surface area (Å²) in [6.07, 6.45) is 0.0291. The van der Waals surface area contributed by atoms with Gasteiger partial charge in [0.25, 0.3) is 0 Å². The Morgan fingerprint density at radius 2 is 2.14 bits per heavy atom. The summed E-state index contributed by atoms with van der Waals surface area (Å²) >= 11 is 0. The molecule has 0 saturated carbocycles. The molecular formula is C10H13NO3. The number of ether oxygens (including phenoxy) is 2. The molecule has 4 heteroatoms. The number of nitrogens with one attached hydrogen (secondary N) is 1. The summed E-state index contributed by atoms with van der Waals surface area (Å²) in [7, 11) is 3.20. The molecule has 0 spiro atoms. The van der Waals surface area contributed by atoms with Crippen LogP contribution in [-0.2, 0) is 6.42 Å². The molecule has 1 aliphatic heterocycles. The van der Waals surface area contributed by atoms with Gasteiger partial charge in [-0.15, -0.1) is 0 Å². The SMILES string of the molecule is COc1ccc2c(c1OC)CC(O)N2.